The Bertz CT molecular complexity index is 183. The monoisotopic (exact) mass is 200 g/mol. The van der Waals surface area contributed by atoms with Gasteiger partial charge in [-0.2, -0.15) is 0 Å². The first-order chi connectivity index (χ1) is 6.61. The van der Waals surface area contributed by atoms with Crippen molar-refractivity contribution in [1.82, 2.24) is 5.32 Å². The third kappa shape index (κ3) is 5.66. The quantitative estimate of drug-likeness (QED) is 0.462. The van der Waals surface area contributed by atoms with Crippen molar-refractivity contribution < 1.29 is 9.59 Å². The van der Waals surface area contributed by atoms with Gasteiger partial charge in [0.05, 0.1) is 12.1 Å². The van der Waals surface area contributed by atoms with Crippen molar-refractivity contribution in [3.63, 3.8) is 0 Å². The van der Waals surface area contributed by atoms with Gasteiger partial charge in [0.15, 0.2) is 0 Å². The summed E-state index contributed by atoms with van der Waals surface area (Å²) in [5.41, 5.74) is 10.6. The van der Waals surface area contributed by atoms with Gasteiger partial charge in [0.1, 0.15) is 0 Å². The maximum absolute atomic E-state index is 11.1. The predicted molar refractivity (Wildman–Crippen MR) is 54.2 cm³/mol. The molecule has 0 spiro atoms. The summed E-state index contributed by atoms with van der Waals surface area (Å²) in [5, 5.41) is 2.50. The highest BCUT2D eigenvalue weighted by atomic mass is 16.2. The van der Waals surface area contributed by atoms with Crippen molar-refractivity contribution >= 4 is 12.2 Å². The fraction of sp³-hybridized carbons (Fsp3) is 0.778. The Kier molecular flexibility index (Phi) is 6.96. The van der Waals surface area contributed by atoms with Crippen molar-refractivity contribution in [3.8, 4) is 0 Å². The molecule has 0 rings (SSSR count). The van der Waals surface area contributed by atoms with Gasteiger partial charge < -0.3 is 16.8 Å². The summed E-state index contributed by atoms with van der Waals surface area (Å²) in [6, 6.07) is -1.15. The topological polar surface area (TPSA) is 98.2 Å². The molecule has 0 aromatic heterocycles. The smallest absolute Gasteiger partial charge is 0.237 e. The molecule has 2 unspecified atom stereocenters. The fourth-order valence-corrected chi connectivity index (χ4v) is 0.957. The van der Waals surface area contributed by atoms with E-state index in [1.54, 1.807) is 13.2 Å². The van der Waals surface area contributed by atoms with Gasteiger partial charge in [-0.1, -0.05) is 0 Å². The second kappa shape index (κ2) is 7.46. The van der Waals surface area contributed by atoms with Crippen LogP contribution in [0.25, 0.3) is 0 Å². The molecule has 0 bridgehead atoms. The summed E-state index contributed by atoms with van der Waals surface area (Å²) in [7, 11) is 0. The predicted octanol–water partition coefficient (Wildman–Crippen LogP) is -0.943. The second-order valence-electron chi connectivity index (χ2n) is 3.25. The van der Waals surface area contributed by atoms with E-state index >= 15 is 0 Å². The number of hydrogen-bond donors (Lipinski definition) is 3. The molecule has 0 fully saturated rings. The standard InChI is InChI=1S/C9H18N3O2/c1-7(11)9(14)12-8(6-13)4-2-3-5-10/h7-8H,2-5,10-11H2,1H3,(H,12,14). The Labute approximate surface area is 84.2 Å². The van der Waals surface area contributed by atoms with Crippen molar-refractivity contribution in [3.05, 3.63) is 0 Å². The molecule has 0 saturated carbocycles. The Balaban J connectivity index is 3.78. The molecule has 14 heavy (non-hydrogen) atoms. The number of carbonyl (C=O) groups is 1. The molecule has 0 heterocycles. The molecule has 1 radical (unpaired) electrons. The molecular formula is C9H18N3O2. The van der Waals surface area contributed by atoms with Gasteiger partial charge in [-0.25, -0.2) is 0 Å². The summed E-state index contributed by atoms with van der Waals surface area (Å²) in [6.07, 6.45) is 3.98. The van der Waals surface area contributed by atoms with E-state index in [9.17, 15) is 9.59 Å². The van der Waals surface area contributed by atoms with Gasteiger partial charge in [-0.05, 0) is 32.7 Å². The van der Waals surface area contributed by atoms with Crippen molar-refractivity contribution in [2.24, 2.45) is 11.5 Å². The van der Waals surface area contributed by atoms with Gasteiger partial charge in [-0.15, -0.1) is 0 Å². The maximum Gasteiger partial charge on any atom is 0.237 e. The Hall–Kier alpha value is -0.940. The third-order valence-electron chi connectivity index (χ3n) is 1.82. The molecule has 0 aromatic rings. The second-order valence-corrected chi connectivity index (χ2v) is 3.25. The van der Waals surface area contributed by atoms with E-state index in [0.29, 0.717) is 13.0 Å². The zero-order chi connectivity index (χ0) is 11.0. The van der Waals surface area contributed by atoms with Crippen LogP contribution in [0.3, 0.4) is 0 Å². The molecule has 0 aliphatic heterocycles. The van der Waals surface area contributed by atoms with Gasteiger partial charge in [0.2, 0.25) is 12.2 Å². The first kappa shape index (κ1) is 13.1. The van der Waals surface area contributed by atoms with Crippen LogP contribution in [0.1, 0.15) is 26.2 Å². The van der Waals surface area contributed by atoms with E-state index in [2.05, 4.69) is 5.32 Å². The van der Waals surface area contributed by atoms with Gasteiger partial charge in [0, 0.05) is 0 Å². The zero-order valence-electron chi connectivity index (χ0n) is 8.45. The Morgan fingerprint density at radius 1 is 1.50 bits per heavy atom. The molecule has 5 heteroatoms. The highest BCUT2D eigenvalue weighted by Crippen LogP contribution is 1.98. The first-order valence-electron chi connectivity index (χ1n) is 4.75. The lowest BCUT2D eigenvalue weighted by atomic mass is 10.1. The number of amides is 1. The molecule has 0 aliphatic carbocycles. The van der Waals surface area contributed by atoms with Crippen molar-refractivity contribution in [1.29, 1.82) is 0 Å². The zero-order valence-corrected chi connectivity index (χ0v) is 8.45. The lowest BCUT2D eigenvalue weighted by Crippen LogP contribution is -2.44. The average Bonchev–Trinajstić information content (AvgIpc) is 2.16. The number of unbranched alkanes of at least 4 members (excludes halogenated alkanes) is 1. The van der Waals surface area contributed by atoms with Gasteiger partial charge >= 0.3 is 0 Å². The summed E-state index contributed by atoms with van der Waals surface area (Å²) >= 11 is 0. The fourth-order valence-electron chi connectivity index (χ4n) is 0.957. The van der Waals surface area contributed by atoms with Gasteiger partial charge in [-0.3, -0.25) is 9.59 Å². The maximum atomic E-state index is 11.1. The number of hydrogen-bond acceptors (Lipinski definition) is 4. The van der Waals surface area contributed by atoms with E-state index in [-0.39, 0.29) is 5.91 Å². The normalized spacial score (nSPS) is 14.5. The number of rotatable bonds is 7. The number of nitrogens with one attached hydrogen (secondary N) is 1. The highest BCUT2D eigenvalue weighted by Gasteiger charge is 2.14. The van der Waals surface area contributed by atoms with E-state index in [4.69, 9.17) is 11.5 Å². The summed E-state index contributed by atoms with van der Waals surface area (Å²) in [4.78, 5) is 21.6. The molecule has 1 amide bonds. The van der Waals surface area contributed by atoms with Gasteiger partial charge in [0.25, 0.3) is 0 Å². The number of nitrogens with two attached hydrogens (primary N) is 2. The van der Waals surface area contributed by atoms with E-state index in [1.165, 1.54) is 0 Å². The molecular weight excluding hydrogens is 182 g/mol. The Morgan fingerprint density at radius 2 is 2.14 bits per heavy atom. The highest BCUT2D eigenvalue weighted by molar-refractivity contribution is 5.83. The minimum atomic E-state index is -0.597. The van der Waals surface area contributed by atoms with Crippen LogP contribution in [0.5, 0.6) is 0 Å². The van der Waals surface area contributed by atoms with Crippen LogP contribution in [0.4, 0.5) is 0 Å². The molecule has 81 valence electrons. The van der Waals surface area contributed by atoms with E-state index in [1.807, 2.05) is 0 Å². The van der Waals surface area contributed by atoms with Crippen LogP contribution in [0.2, 0.25) is 0 Å². The lowest BCUT2D eigenvalue weighted by molar-refractivity contribution is -0.122. The average molecular weight is 200 g/mol. The van der Waals surface area contributed by atoms with Crippen LogP contribution < -0.4 is 16.8 Å². The van der Waals surface area contributed by atoms with E-state index < -0.39 is 12.1 Å². The number of carbonyl (C=O) groups excluding carboxylic acids is 2. The van der Waals surface area contributed by atoms with Crippen LogP contribution in [0, 0.1) is 0 Å². The lowest BCUT2D eigenvalue weighted by Gasteiger charge is -2.13. The molecule has 0 aliphatic rings. The molecule has 2 atom stereocenters. The van der Waals surface area contributed by atoms with Crippen molar-refractivity contribution in [2.75, 3.05) is 6.54 Å². The largest absolute Gasteiger partial charge is 0.344 e. The van der Waals surface area contributed by atoms with Crippen LogP contribution in [-0.2, 0) is 9.59 Å². The Morgan fingerprint density at radius 3 is 2.57 bits per heavy atom. The van der Waals surface area contributed by atoms with Crippen molar-refractivity contribution in [2.45, 2.75) is 38.3 Å². The minimum Gasteiger partial charge on any atom is -0.344 e. The van der Waals surface area contributed by atoms with E-state index in [0.717, 1.165) is 12.8 Å². The van der Waals surface area contributed by atoms with Crippen LogP contribution >= 0.6 is 0 Å². The molecule has 5 N–H and O–H groups in total. The summed E-state index contributed by atoms with van der Waals surface area (Å²) in [5.74, 6) is -0.328. The minimum absolute atomic E-state index is 0.328. The SMILES string of the molecule is CC(N)C(=O)NC([C]=O)CCCCN. The summed E-state index contributed by atoms with van der Waals surface area (Å²) in [6.45, 7) is 2.16. The molecule has 0 saturated heterocycles. The van der Waals surface area contributed by atoms with Crippen LogP contribution in [-0.4, -0.2) is 30.8 Å². The third-order valence-corrected chi connectivity index (χ3v) is 1.82. The molecule has 5 nitrogen and oxygen atoms in total. The summed E-state index contributed by atoms with van der Waals surface area (Å²) < 4.78 is 0. The first-order valence-corrected chi connectivity index (χ1v) is 4.75. The van der Waals surface area contributed by atoms with Crippen LogP contribution in [0.15, 0.2) is 0 Å². The molecule has 0 aromatic carbocycles.